The average molecular weight is 307 g/mol. The van der Waals surface area contributed by atoms with Gasteiger partial charge in [-0.1, -0.05) is 6.08 Å². The number of carbonyl (C=O) groups excluding carboxylic acids is 1. The molecule has 0 radical (unpaired) electrons. The third kappa shape index (κ3) is 2.14. The van der Waals surface area contributed by atoms with Crippen LogP contribution in [0.3, 0.4) is 0 Å². The highest BCUT2D eigenvalue weighted by Crippen LogP contribution is 2.47. The molecule has 0 aromatic rings. The second-order valence-electron chi connectivity index (χ2n) is 6.62. The molecule has 22 heavy (non-hydrogen) atoms. The number of fused-ring (bicyclic) bond motifs is 3. The molecule has 3 rings (SSSR count). The van der Waals surface area contributed by atoms with Crippen LogP contribution in [0.4, 0.5) is 0 Å². The molecule has 3 aliphatic rings. The number of nitrogens with zero attached hydrogens (tertiary/aromatic N) is 1. The highest BCUT2D eigenvalue weighted by molar-refractivity contribution is 5.88. The number of ether oxygens (including phenoxy) is 3. The monoisotopic (exact) mass is 307 g/mol. The maximum atomic E-state index is 11.9. The fourth-order valence-corrected chi connectivity index (χ4v) is 4.54. The lowest BCUT2D eigenvalue weighted by Crippen LogP contribution is -2.55. The lowest BCUT2D eigenvalue weighted by molar-refractivity contribution is -0.161. The fraction of sp³-hybridized carbons (Fsp3) is 0.706. The van der Waals surface area contributed by atoms with Gasteiger partial charge in [0.15, 0.2) is 11.9 Å². The summed E-state index contributed by atoms with van der Waals surface area (Å²) < 4.78 is 16.8. The van der Waals surface area contributed by atoms with Gasteiger partial charge >= 0.3 is 5.97 Å². The van der Waals surface area contributed by atoms with Crippen molar-refractivity contribution in [2.45, 2.75) is 63.6 Å². The van der Waals surface area contributed by atoms with Gasteiger partial charge in [-0.2, -0.15) is 0 Å². The minimum absolute atomic E-state index is 0.145. The molecule has 1 fully saturated rings. The van der Waals surface area contributed by atoms with Crippen molar-refractivity contribution in [3.05, 3.63) is 23.3 Å². The van der Waals surface area contributed by atoms with Crippen molar-refractivity contribution < 1.29 is 19.0 Å². The number of rotatable bonds is 3. The van der Waals surface area contributed by atoms with Gasteiger partial charge in [0.1, 0.15) is 0 Å². The van der Waals surface area contributed by atoms with E-state index in [2.05, 4.69) is 24.8 Å². The molecule has 2 unspecified atom stereocenters. The summed E-state index contributed by atoms with van der Waals surface area (Å²) in [4.78, 5) is 14.3. The Hall–Kier alpha value is -1.17. The van der Waals surface area contributed by atoms with Crippen molar-refractivity contribution in [3.8, 4) is 0 Å². The first-order chi connectivity index (χ1) is 10.4. The van der Waals surface area contributed by atoms with Crippen molar-refractivity contribution in [1.29, 1.82) is 0 Å². The molecular formula is C17H25NO4. The van der Waals surface area contributed by atoms with Gasteiger partial charge in [-0.25, -0.2) is 4.79 Å². The molecule has 1 saturated heterocycles. The summed E-state index contributed by atoms with van der Waals surface area (Å²) in [5, 5.41) is 0. The minimum atomic E-state index is -0.580. The van der Waals surface area contributed by atoms with E-state index in [1.54, 1.807) is 20.3 Å². The Morgan fingerprint density at radius 1 is 1.36 bits per heavy atom. The molecule has 5 heteroatoms. The van der Waals surface area contributed by atoms with E-state index >= 15 is 0 Å². The van der Waals surface area contributed by atoms with Crippen molar-refractivity contribution in [1.82, 2.24) is 4.90 Å². The Balaban J connectivity index is 2.03. The van der Waals surface area contributed by atoms with E-state index in [0.29, 0.717) is 0 Å². The number of hydrogen-bond acceptors (Lipinski definition) is 5. The van der Waals surface area contributed by atoms with Gasteiger partial charge in [-0.05, 0) is 39.2 Å². The SMILES string of the molecule is COC(OC)C1CCC2N1[C@@H](C)C=C(C)C1=CC(=O)O[C@@]12C. The summed E-state index contributed by atoms with van der Waals surface area (Å²) >= 11 is 0. The van der Waals surface area contributed by atoms with Crippen LogP contribution in [0.25, 0.3) is 0 Å². The summed E-state index contributed by atoms with van der Waals surface area (Å²) in [6.07, 6.45) is 5.52. The van der Waals surface area contributed by atoms with Crippen LogP contribution in [0.15, 0.2) is 23.3 Å². The average Bonchev–Trinajstić information content (AvgIpc) is 3.01. The van der Waals surface area contributed by atoms with Gasteiger partial charge in [-0.15, -0.1) is 0 Å². The molecule has 5 nitrogen and oxygen atoms in total. The van der Waals surface area contributed by atoms with Crippen LogP contribution >= 0.6 is 0 Å². The molecule has 0 aromatic carbocycles. The smallest absolute Gasteiger partial charge is 0.332 e. The van der Waals surface area contributed by atoms with Gasteiger partial charge < -0.3 is 14.2 Å². The number of carbonyl (C=O) groups is 1. The zero-order valence-corrected chi connectivity index (χ0v) is 14.0. The molecule has 0 spiro atoms. The maximum Gasteiger partial charge on any atom is 0.332 e. The predicted molar refractivity (Wildman–Crippen MR) is 82.3 cm³/mol. The van der Waals surface area contributed by atoms with Crippen molar-refractivity contribution >= 4 is 5.97 Å². The van der Waals surface area contributed by atoms with E-state index in [-0.39, 0.29) is 30.4 Å². The first kappa shape index (κ1) is 15.7. The summed E-state index contributed by atoms with van der Waals surface area (Å²) in [5.41, 5.74) is 1.56. The zero-order valence-electron chi connectivity index (χ0n) is 14.0. The third-order valence-corrected chi connectivity index (χ3v) is 5.39. The number of hydrogen-bond donors (Lipinski definition) is 0. The lowest BCUT2D eigenvalue weighted by Gasteiger charge is -2.41. The lowest BCUT2D eigenvalue weighted by atomic mass is 9.84. The number of esters is 1. The molecular weight excluding hydrogens is 282 g/mol. The van der Waals surface area contributed by atoms with Gasteiger partial charge in [-0.3, -0.25) is 4.90 Å². The molecule has 0 aromatic heterocycles. The van der Waals surface area contributed by atoms with Crippen LogP contribution in [-0.4, -0.2) is 55.1 Å². The molecule has 0 amide bonds. The molecule has 0 saturated carbocycles. The summed E-state index contributed by atoms with van der Waals surface area (Å²) in [6, 6.07) is 0.550. The van der Waals surface area contributed by atoms with Gasteiger partial charge in [0.25, 0.3) is 0 Å². The first-order valence-corrected chi connectivity index (χ1v) is 7.89. The Bertz CT molecular complexity index is 537. The normalized spacial score (nSPS) is 38.3. The molecule has 0 aliphatic carbocycles. The summed E-state index contributed by atoms with van der Waals surface area (Å²) in [7, 11) is 3.35. The molecule has 0 bridgehead atoms. The Kier molecular flexibility index (Phi) is 3.91. The second kappa shape index (κ2) is 5.48. The highest BCUT2D eigenvalue weighted by Gasteiger charge is 2.55. The van der Waals surface area contributed by atoms with Crippen molar-refractivity contribution in [2.75, 3.05) is 14.2 Å². The van der Waals surface area contributed by atoms with E-state index in [1.807, 2.05) is 6.92 Å². The second-order valence-corrected chi connectivity index (χ2v) is 6.62. The van der Waals surface area contributed by atoms with Gasteiger partial charge in [0, 0.05) is 31.9 Å². The highest BCUT2D eigenvalue weighted by atomic mass is 16.7. The summed E-state index contributed by atoms with van der Waals surface area (Å²) in [5.74, 6) is -0.238. The van der Waals surface area contributed by atoms with Gasteiger partial charge in [0.05, 0.1) is 12.1 Å². The third-order valence-electron chi connectivity index (χ3n) is 5.39. The fourth-order valence-electron chi connectivity index (χ4n) is 4.54. The molecule has 3 heterocycles. The Labute approximate surface area is 131 Å². The molecule has 122 valence electrons. The summed E-state index contributed by atoms with van der Waals surface area (Å²) in [6.45, 7) is 6.28. The Morgan fingerprint density at radius 2 is 2.05 bits per heavy atom. The molecule has 3 aliphatic heterocycles. The zero-order chi connectivity index (χ0) is 16.1. The molecule has 4 atom stereocenters. The van der Waals surface area contributed by atoms with E-state index in [1.165, 1.54) is 0 Å². The molecule has 0 N–H and O–H groups in total. The van der Waals surface area contributed by atoms with Crippen LogP contribution in [0.5, 0.6) is 0 Å². The van der Waals surface area contributed by atoms with Crippen LogP contribution < -0.4 is 0 Å². The van der Waals surface area contributed by atoms with E-state index in [9.17, 15) is 4.79 Å². The maximum absolute atomic E-state index is 11.9. The van der Waals surface area contributed by atoms with Crippen LogP contribution in [0, 0.1) is 0 Å². The van der Waals surface area contributed by atoms with Crippen LogP contribution in [0.1, 0.15) is 33.6 Å². The van der Waals surface area contributed by atoms with Crippen LogP contribution in [0.2, 0.25) is 0 Å². The van der Waals surface area contributed by atoms with Gasteiger partial charge in [0.2, 0.25) is 0 Å². The topological polar surface area (TPSA) is 48.0 Å². The van der Waals surface area contributed by atoms with E-state index < -0.39 is 5.60 Å². The number of methoxy groups -OCH3 is 2. The standard InChI is InChI=1S/C17H25NO4/c1-10-8-11(2)18-13(16(20-4)21-5)6-7-14(18)17(3)12(10)9-15(19)22-17/h8-9,11,13-14,16H,6-7H2,1-5H3/t11-,13?,14?,17-/m0/s1. The minimum Gasteiger partial charge on any atom is -0.450 e. The predicted octanol–water partition coefficient (Wildman–Crippen LogP) is 2.03. The first-order valence-electron chi connectivity index (χ1n) is 7.89. The van der Waals surface area contributed by atoms with Crippen molar-refractivity contribution in [3.63, 3.8) is 0 Å². The largest absolute Gasteiger partial charge is 0.450 e. The van der Waals surface area contributed by atoms with E-state index in [4.69, 9.17) is 14.2 Å². The van der Waals surface area contributed by atoms with E-state index in [0.717, 1.165) is 24.0 Å². The van der Waals surface area contributed by atoms with Crippen molar-refractivity contribution in [2.24, 2.45) is 0 Å². The Morgan fingerprint density at radius 3 is 2.68 bits per heavy atom. The quantitative estimate of drug-likeness (QED) is 0.590. The van der Waals surface area contributed by atoms with Crippen LogP contribution in [-0.2, 0) is 19.0 Å².